The maximum atomic E-state index is 7.64. The molecule has 16 aromatic carbocycles. The number of aliphatic imine (C=N–C) groups is 2. The van der Waals surface area contributed by atoms with Gasteiger partial charge in [0.15, 0.2) is 34.0 Å². The molecule has 16 aromatic rings. The Morgan fingerprint density at radius 2 is 0.557 bits per heavy atom. The Kier molecular flexibility index (Phi) is 29.6. The van der Waals surface area contributed by atoms with E-state index in [1.54, 1.807) is 0 Å². The van der Waals surface area contributed by atoms with Crippen LogP contribution in [-0.4, -0.2) is 74.2 Å². The first-order chi connectivity index (χ1) is 72.7. The molecular weight excluding hydrogens is 1940 g/mol. The Hall–Kier alpha value is -13.8. The number of hydrogen-bond donors (Lipinski definition) is 0. The molecule has 18 nitrogen and oxygen atoms in total. The van der Waals surface area contributed by atoms with Crippen LogP contribution in [0, 0.1) is 0 Å². The van der Waals surface area contributed by atoms with E-state index in [0.717, 1.165) is 122 Å². The summed E-state index contributed by atoms with van der Waals surface area (Å²) in [6.45, 7) is 9.99. The third-order valence-electron chi connectivity index (χ3n) is 28.6. The van der Waals surface area contributed by atoms with Crippen molar-refractivity contribution >= 4 is 29.0 Å². The normalized spacial score (nSPS) is 22.2. The zero-order valence-electron chi connectivity index (χ0n) is 83.3. The second-order valence-electron chi connectivity index (χ2n) is 38.9. The summed E-state index contributed by atoms with van der Waals surface area (Å²) in [7, 11) is -4.42. The van der Waals surface area contributed by atoms with Crippen molar-refractivity contribution in [3.63, 3.8) is 0 Å². The number of benzene rings is 16. The summed E-state index contributed by atoms with van der Waals surface area (Å²) in [5, 5.41) is 10.2. The first kappa shape index (κ1) is 99.8. The predicted octanol–water partition coefficient (Wildman–Crippen LogP) is 29.2. The summed E-state index contributed by atoms with van der Waals surface area (Å²) in [5.41, 5.74) is 16.4. The van der Waals surface area contributed by atoms with Gasteiger partial charge in [-0.15, -0.1) is 0 Å². The van der Waals surface area contributed by atoms with Crippen LogP contribution in [0.5, 0.6) is 0 Å². The van der Waals surface area contributed by atoms with Crippen molar-refractivity contribution in [3.05, 3.63) is 584 Å². The number of ether oxygens (including phenoxy) is 8. The number of nitrogens with zero attached hydrogens (tertiary/aromatic N) is 4. The maximum Gasteiger partial charge on any atom is 2.00 e. The fourth-order valence-corrected chi connectivity index (χ4v) is 24.6. The van der Waals surface area contributed by atoms with Gasteiger partial charge in [0.2, 0.25) is 11.8 Å². The van der Waals surface area contributed by atoms with Gasteiger partial charge in [0.1, 0.15) is 49.7 Å². The molecule has 24 rings (SSSR count). The molecule has 0 amide bonds. The molecule has 0 unspecified atom stereocenters. The van der Waals surface area contributed by atoms with Crippen LogP contribution >= 0.6 is 17.2 Å². The minimum atomic E-state index is -2.22. The fourth-order valence-electron chi connectivity index (χ4n) is 21.6. The van der Waals surface area contributed by atoms with Crippen LogP contribution in [0.15, 0.2) is 494 Å². The van der Waals surface area contributed by atoms with Gasteiger partial charge in [0.05, 0.1) is 26.4 Å². The standard InChI is InChI=1S/2C64H56N2O7P.Zn/c1-62(2)70-58-59(71-62)64(52-35-17-7-18-36-52,53-37-19-8-20-38-53)73-74(72-63(58,50-31-13-5-14-32-50)51-33-15-6-16-34-51)69-42-49-29-21-22-39-54(49)48-30-23-24-45(40-48)41-55(60-65-56(43-67-60)46-25-9-3-10-26-46)61-66-57(44-68-61)47-27-11-4-12-28-47;1-62(2)70-58-59(71-62)64(52-32-17-7-18-33-52,53-34-19-8-20-35-53)73-74(72-63(58,50-28-13-5-14-29-50)51-30-15-6-16-31-51)69-42-49-27-21-22-36-54(49)46-39-37-45(38-40-46)41-55(60-65-56(43-67-60)47-23-9-3-10-24-47)61-66-57(44-68-61)48-25-11-4-12-26-48;/h2*3-40,56-59H,41-44H2,1-2H3;/q2*-1;+2/b2*60-55-;/t56-,57-,58+,59+;56-,57-,58-,59-;/m01./s1. The molecule has 0 N–H and O–H groups in total. The molecule has 21 heteroatoms. The average Bonchev–Trinajstić information content (AvgIpc) is 1.54. The van der Waals surface area contributed by atoms with E-state index in [1.807, 2.05) is 258 Å². The quantitative estimate of drug-likeness (QED) is 0.0369. The average molecular weight is 2060 g/mol. The van der Waals surface area contributed by atoms with E-state index in [9.17, 15) is 0 Å². The maximum absolute atomic E-state index is 7.64. The van der Waals surface area contributed by atoms with Crippen molar-refractivity contribution in [1.29, 1.82) is 0 Å². The molecule has 0 radical (unpaired) electrons. The fraction of sp³-hybridized carbons (Fsp3) is 0.203. The molecule has 6 fully saturated rings. The summed E-state index contributed by atoms with van der Waals surface area (Å²) in [6.07, 6.45) is -1.84. The van der Waals surface area contributed by atoms with Gasteiger partial charge >= 0.3 is 36.7 Å². The van der Waals surface area contributed by atoms with Crippen LogP contribution in [0.4, 0.5) is 0 Å². The summed E-state index contributed by atoms with van der Waals surface area (Å²) < 4.78 is 99.2. The molecule has 8 aliphatic rings. The summed E-state index contributed by atoms with van der Waals surface area (Å²) >= 11 is 0. The van der Waals surface area contributed by atoms with Gasteiger partial charge in [0, 0.05) is 35.8 Å². The third kappa shape index (κ3) is 20.5. The summed E-state index contributed by atoms with van der Waals surface area (Å²) in [5.74, 6) is 0.241. The SMILES string of the molecule is CC1(C)O[C@@H]2[C@@H](O1)C(c1ccccc1)(c1ccccc1)OP(OCc1ccccc1-c1ccc(C/C(C3=N[C@@H](c4ccccc4)CO3)=C3\[N-][C@@H](c4ccccc4)CO3)cc1)OC2(c1ccccc1)c1ccccc1.CC1(C)O[C@@H]2[C@@H](O1)C(c1ccccc1)(c1ccccc1)OP(OCc1ccccc1-c1cccc(C/C(C3=N[C@H](c4ccccc4)CO3)=C3\[N-][C@H](c4ccccc4)CO3)c1)OC2(c1ccccc1)c1ccccc1.[Zn+2]. The molecule has 8 heterocycles. The Bertz CT molecular complexity index is 7010. The second kappa shape index (κ2) is 44.2. The van der Waals surface area contributed by atoms with Crippen LogP contribution in [-0.2, 0) is 133 Å². The Morgan fingerprint density at radius 1 is 0.282 bits per heavy atom. The number of hydrogen-bond acceptors (Lipinski definition) is 16. The first-order valence-corrected chi connectivity index (χ1v) is 52.8. The molecule has 8 atom stereocenters. The van der Waals surface area contributed by atoms with Gasteiger partial charge in [0.25, 0.3) is 0 Å². The van der Waals surface area contributed by atoms with E-state index in [2.05, 4.69) is 231 Å². The van der Waals surface area contributed by atoms with E-state index in [0.29, 0.717) is 62.8 Å². The van der Waals surface area contributed by atoms with E-state index >= 15 is 0 Å². The van der Waals surface area contributed by atoms with Crippen molar-refractivity contribution in [1.82, 2.24) is 0 Å². The number of rotatable bonds is 26. The molecule has 0 spiro atoms. The number of fused-ring (bicyclic) bond motifs is 2. The van der Waals surface area contributed by atoms with Gasteiger partial charge in [-0.3, -0.25) is 18.1 Å². The van der Waals surface area contributed by atoms with Gasteiger partial charge in [-0.05, 0) is 128 Å². The molecule has 740 valence electrons. The van der Waals surface area contributed by atoms with E-state index in [4.69, 9.17) is 85.7 Å². The molecule has 8 aliphatic heterocycles. The smallest absolute Gasteiger partial charge is 0.645 e. The topological polar surface area (TPSA) is 182 Å². The molecule has 6 saturated heterocycles. The van der Waals surface area contributed by atoms with Crippen molar-refractivity contribution < 1.29 is 84.5 Å². The largest absolute Gasteiger partial charge is 2.00 e. The van der Waals surface area contributed by atoms with Crippen LogP contribution in [0.25, 0.3) is 32.9 Å². The van der Waals surface area contributed by atoms with E-state index in [-0.39, 0.29) is 56.9 Å². The minimum absolute atomic E-state index is 0. The van der Waals surface area contributed by atoms with Gasteiger partial charge in [-0.1, -0.05) is 484 Å². The van der Waals surface area contributed by atoms with E-state index in [1.165, 1.54) is 0 Å². The van der Waals surface area contributed by atoms with Crippen LogP contribution in [0.2, 0.25) is 0 Å². The summed E-state index contributed by atoms with van der Waals surface area (Å²) in [4.78, 5) is 10.2. The van der Waals surface area contributed by atoms with Gasteiger partial charge < -0.3 is 57.6 Å². The van der Waals surface area contributed by atoms with Crippen LogP contribution in [0.3, 0.4) is 0 Å². The molecule has 0 bridgehead atoms. The third-order valence-corrected chi connectivity index (χ3v) is 31.0. The molecule has 0 saturated carbocycles. The Morgan fingerprint density at radius 3 is 0.872 bits per heavy atom. The summed E-state index contributed by atoms with van der Waals surface area (Å²) in [6, 6.07) is 157. The second-order valence-corrected chi connectivity index (χ2v) is 41.0. The van der Waals surface area contributed by atoms with Crippen LogP contribution < -0.4 is 0 Å². The predicted molar refractivity (Wildman–Crippen MR) is 577 cm³/mol. The van der Waals surface area contributed by atoms with Crippen LogP contribution in [0.1, 0.15) is 141 Å². The van der Waals surface area contributed by atoms with Gasteiger partial charge in [-0.25, -0.2) is 9.98 Å². The van der Waals surface area contributed by atoms with Crippen molar-refractivity contribution in [2.24, 2.45) is 9.98 Å². The van der Waals surface area contributed by atoms with Crippen molar-refractivity contribution in [2.75, 3.05) is 26.4 Å². The first-order valence-electron chi connectivity index (χ1n) is 50.6. The van der Waals surface area contributed by atoms with Crippen molar-refractivity contribution in [2.45, 2.75) is 136 Å². The minimum Gasteiger partial charge on any atom is -0.645 e. The molecular formula is C128H112N4O14P2Zn. The van der Waals surface area contributed by atoms with Gasteiger partial charge in [-0.2, -0.15) is 0 Å². The van der Waals surface area contributed by atoms with Crippen molar-refractivity contribution in [3.8, 4) is 22.3 Å². The molecule has 0 aromatic heterocycles. The van der Waals surface area contributed by atoms with E-state index < -0.39 is 75.6 Å². The Labute approximate surface area is 885 Å². The monoisotopic (exact) mass is 2050 g/mol. The molecule has 0 aliphatic carbocycles. The molecule has 149 heavy (non-hydrogen) atoms. The zero-order valence-corrected chi connectivity index (χ0v) is 88.0. The Balaban J connectivity index is 0.000000168. The zero-order chi connectivity index (χ0) is 99.9.